The molecule has 4 atom stereocenters. The molecule has 0 saturated heterocycles. The molecule has 0 radical (unpaired) electrons. The number of nitrogens with two attached hydrogens (primary N) is 2. The Morgan fingerprint density at radius 1 is 0.829 bits per heavy atom. The van der Waals surface area contributed by atoms with Crippen LogP contribution < -0.4 is 27.4 Å². The maximum atomic E-state index is 13.1. The van der Waals surface area contributed by atoms with Crippen LogP contribution in [0.5, 0.6) is 0 Å². The summed E-state index contributed by atoms with van der Waals surface area (Å²) in [7, 11) is 0. The molecular weight excluding hydrogens is 450 g/mol. The van der Waals surface area contributed by atoms with E-state index in [-0.39, 0.29) is 11.8 Å². The Morgan fingerprint density at radius 2 is 1.40 bits per heavy atom. The zero-order valence-corrected chi connectivity index (χ0v) is 21.1. The number of unbranched alkanes of at least 4 members (excludes halogenated alkanes) is 1. The molecule has 35 heavy (non-hydrogen) atoms. The highest BCUT2D eigenvalue weighted by atomic mass is 16.4. The van der Waals surface area contributed by atoms with E-state index < -0.39 is 47.9 Å². The first-order valence-electron chi connectivity index (χ1n) is 12.1. The average molecular weight is 492 g/mol. The van der Waals surface area contributed by atoms with Crippen LogP contribution in [0.3, 0.4) is 0 Å². The third kappa shape index (κ3) is 10.4. The Labute approximate surface area is 207 Å². The van der Waals surface area contributed by atoms with Gasteiger partial charge in [0.2, 0.25) is 17.7 Å². The van der Waals surface area contributed by atoms with Crippen molar-refractivity contribution < 1.29 is 24.3 Å². The highest BCUT2D eigenvalue weighted by Gasteiger charge is 2.32. The fraction of sp³-hybridized carbons (Fsp3) is 0.600. The molecule has 0 aliphatic carbocycles. The quantitative estimate of drug-likeness (QED) is 0.194. The van der Waals surface area contributed by atoms with E-state index in [1.165, 1.54) is 0 Å². The van der Waals surface area contributed by atoms with Crippen molar-refractivity contribution in [3.8, 4) is 0 Å². The minimum atomic E-state index is -1.15. The summed E-state index contributed by atoms with van der Waals surface area (Å²) >= 11 is 0. The zero-order valence-electron chi connectivity index (χ0n) is 21.1. The largest absolute Gasteiger partial charge is 0.480 e. The number of rotatable bonds is 15. The molecule has 10 nitrogen and oxygen atoms in total. The summed E-state index contributed by atoms with van der Waals surface area (Å²) in [5, 5.41) is 17.3. The molecule has 8 N–H and O–H groups in total. The first kappa shape index (κ1) is 30.1. The van der Waals surface area contributed by atoms with Crippen LogP contribution >= 0.6 is 0 Å². The summed E-state index contributed by atoms with van der Waals surface area (Å²) in [6.07, 6.45) is 1.89. The van der Waals surface area contributed by atoms with Gasteiger partial charge in [0.1, 0.15) is 18.1 Å². The van der Waals surface area contributed by atoms with Crippen molar-refractivity contribution in [2.24, 2.45) is 23.3 Å². The van der Waals surface area contributed by atoms with Crippen LogP contribution in [-0.2, 0) is 25.6 Å². The van der Waals surface area contributed by atoms with Gasteiger partial charge in [0.05, 0.1) is 6.04 Å². The van der Waals surface area contributed by atoms with Crippen molar-refractivity contribution in [1.29, 1.82) is 0 Å². The molecule has 0 saturated carbocycles. The van der Waals surface area contributed by atoms with Crippen LogP contribution in [0.1, 0.15) is 52.5 Å². The second-order valence-corrected chi connectivity index (χ2v) is 9.44. The predicted molar refractivity (Wildman–Crippen MR) is 134 cm³/mol. The maximum Gasteiger partial charge on any atom is 0.326 e. The summed E-state index contributed by atoms with van der Waals surface area (Å²) in [5.74, 6) is -3.41. The van der Waals surface area contributed by atoms with Crippen LogP contribution in [0, 0.1) is 11.8 Å². The highest BCUT2D eigenvalue weighted by Crippen LogP contribution is 2.09. The Morgan fingerprint density at radius 3 is 1.91 bits per heavy atom. The summed E-state index contributed by atoms with van der Waals surface area (Å²) in [6.45, 7) is 7.30. The van der Waals surface area contributed by atoms with Crippen LogP contribution in [0.4, 0.5) is 0 Å². The fourth-order valence-electron chi connectivity index (χ4n) is 3.55. The van der Waals surface area contributed by atoms with Crippen molar-refractivity contribution in [3.63, 3.8) is 0 Å². The molecular formula is C25H41N5O5. The van der Waals surface area contributed by atoms with Gasteiger partial charge in [-0.15, -0.1) is 0 Å². The summed E-state index contributed by atoms with van der Waals surface area (Å²) < 4.78 is 0. The number of hydrogen-bond donors (Lipinski definition) is 6. The lowest BCUT2D eigenvalue weighted by atomic mass is 9.99. The van der Waals surface area contributed by atoms with E-state index in [9.17, 15) is 24.3 Å². The Hall–Kier alpha value is -2.98. The minimum absolute atomic E-state index is 0.312. The number of amides is 3. The molecule has 0 aliphatic heterocycles. The fourth-order valence-corrected chi connectivity index (χ4v) is 3.55. The number of benzene rings is 1. The van der Waals surface area contributed by atoms with Gasteiger partial charge in [-0.1, -0.05) is 58.0 Å². The number of hydrogen-bond acceptors (Lipinski definition) is 6. The number of carboxylic acids is 1. The maximum absolute atomic E-state index is 13.1. The van der Waals surface area contributed by atoms with E-state index in [1.807, 2.05) is 30.3 Å². The lowest BCUT2D eigenvalue weighted by Crippen LogP contribution is -2.59. The highest BCUT2D eigenvalue weighted by molar-refractivity contribution is 5.94. The summed E-state index contributed by atoms with van der Waals surface area (Å²) in [5.41, 5.74) is 12.5. The molecule has 0 fully saturated rings. The monoisotopic (exact) mass is 491 g/mol. The van der Waals surface area contributed by atoms with Crippen molar-refractivity contribution in [1.82, 2.24) is 16.0 Å². The van der Waals surface area contributed by atoms with Crippen molar-refractivity contribution in [3.05, 3.63) is 35.9 Å². The lowest BCUT2D eigenvalue weighted by molar-refractivity contribution is -0.143. The molecule has 1 aromatic rings. The number of aliphatic carboxylic acids is 1. The molecule has 0 heterocycles. The van der Waals surface area contributed by atoms with Crippen LogP contribution in [0.2, 0.25) is 0 Å². The van der Waals surface area contributed by atoms with E-state index >= 15 is 0 Å². The van der Waals surface area contributed by atoms with Gasteiger partial charge < -0.3 is 32.5 Å². The molecule has 10 heteroatoms. The van der Waals surface area contributed by atoms with Gasteiger partial charge in [0, 0.05) is 0 Å². The van der Waals surface area contributed by atoms with Gasteiger partial charge in [0.25, 0.3) is 0 Å². The van der Waals surface area contributed by atoms with Gasteiger partial charge in [0.15, 0.2) is 0 Å². The van der Waals surface area contributed by atoms with Gasteiger partial charge in [-0.05, 0) is 49.6 Å². The topological polar surface area (TPSA) is 177 Å². The van der Waals surface area contributed by atoms with Crippen LogP contribution in [-0.4, -0.2) is 59.5 Å². The van der Waals surface area contributed by atoms with E-state index in [1.54, 1.807) is 27.7 Å². The average Bonchev–Trinajstić information content (AvgIpc) is 2.79. The summed E-state index contributed by atoms with van der Waals surface area (Å²) in [6, 6.07) is 5.49. The number of carbonyl (C=O) groups excluding carboxylic acids is 3. The van der Waals surface area contributed by atoms with E-state index in [0.29, 0.717) is 32.2 Å². The van der Waals surface area contributed by atoms with E-state index in [2.05, 4.69) is 16.0 Å². The van der Waals surface area contributed by atoms with E-state index in [0.717, 1.165) is 5.56 Å². The van der Waals surface area contributed by atoms with Crippen molar-refractivity contribution >= 4 is 23.7 Å². The number of carboxylic acid groups (broad SMARTS) is 1. The first-order chi connectivity index (χ1) is 16.5. The summed E-state index contributed by atoms with van der Waals surface area (Å²) in [4.78, 5) is 50.2. The Kier molecular flexibility index (Phi) is 13.0. The normalized spacial score (nSPS) is 14.6. The predicted octanol–water partition coefficient (Wildman–Crippen LogP) is 0.536. The molecule has 196 valence electrons. The van der Waals surface area contributed by atoms with Crippen LogP contribution in [0.25, 0.3) is 0 Å². The minimum Gasteiger partial charge on any atom is -0.480 e. The van der Waals surface area contributed by atoms with E-state index in [4.69, 9.17) is 11.5 Å². The third-order valence-electron chi connectivity index (χ3n) is 5.69. The van der Waals surface area contributed by atoms with Crippen molar-refractivity contribution in [2.45, 2.75) is 77.5 Å². The Bertz CT molecular complexity index is 831. The van der Waals surface area contributed by atoms with Gasteiger partial charge in [-0.25, -0.2) is 4.79 Å². The molecule has 0 spiro atoms. The molecule has 3 amide bonds. The van der Waals surface area contributed by atoms with Crippen LogP contribution in [0.15, 0.2) is 30.3 Å². The molecule has 0 aliphatic rings. The number of carbonyl (C=O) groups is 4. The standard InChI is InChI=1S/C25H41N5O5/c1-15(2)20(24(33)30-21(16(3)4)25(34)35)29-23(32)19(12-8-9-13-26)28-22(31)18(27)14-17-10-6-5-7-11-17/h5-7,10-11,15-16,18-21H,8-9,12-14,26-27H2,1-4H3,(H,28,31)(H,29,32)(H,30,33)(H,34,35). The molecule has 0 aromatic heterocycles. The zero-order chi connectivity index (χ0) is 26.5. The second kappa shape index (κ2) is 15.1. The molecule has 1 rings (SSSR count). The smallest absolute Gasteiger partial charge is 0.326 e. The first-order valence-corrected chi connectivity index (χ1v) is 12.1. The SMILES string of the molecule is CC(C)C(NC(=O)C(NC(=O)C(CCCCN)NC(=O)C(N)Cc1ccccc1)C(C)C)C(=O)O. The van der Waals surface area contributed by atoms with Gasteiger partial charge in [-0.2, -0.15) is 0 Å². The van der Waals surface area contributed by atoms with Gasteiger partial charge in [-0.3, -0.25) is 14.4 Å². The molecule has 1 aromatic carbocycles. The van der Waals surface area contributed by atoms with Gasteiger partial charge >= 0.3 is 5.97 Å². The van der Waals surface area contributed by atoms with Crippen molar-refractivity contribution in [2.75, 3.05) is 6.54 Å². The lowest BCUT2D eigenvalue weighted by Gasteiger charge is -2.28. The molecule has 0 bridgehead atoms. The third-order valence-corrected chi connectivity index (χ3v) is 5.69. The number of nitrogens with one attached hydrogen (secondary N) is 3. The molecule has 4 unspecified atom stereocenters. The second-order valence-electron chi connectivity index (χ2n) is 9.44. The Balaban J connectivity index is 2.93.